The smallest absolute Gasteiger partial charge is 0.254 e. The van der Waals surface area contributed by atoms with Crippen LogP contribution in [0, 0.1) is 0 Å². The molecule has 1 fully saturated rings. The number of hydrogen-bond donors (Lipinski definition) is 1. The molecule has 1 heterocycles. The average molecular weight is 492 g/mol. The molecule has 0 saturated carbocycles. The zero-order valence-electron chi connectivity index (χ0n) is 18.5. The Morgan fingerprint density at radius 3 is 2.52 bits per heavy atom. The summed E-state index contributed by atoms with van der Waals surface area (Å²) in [4.78, 5) is 28.7. The summed E-state index contributed by atoms with van der Waals surface area (Å²) in [5.74, 6) is 0.838. The Morgan fingerprint density at radius 1 is 1.09 bits per heavy atom. The van der Waals surface area contributed by atoms with Crippen LogP contribution in [0.3, 0.4) is 0 Å². The van der Waals surface area contributed by atoms with Crippen LogP contribution >= 0.6 is 23.2 Å². The second kappa shape index (κ2) is 11.9. The van der Waals surface area contributed by atoms with E-state index in [1.807, 2.05) is 4.90 Å². The molecule has 7 nitrogen and oxygen atoms in total. The first kappa shape index (κ1) is 24.9. The number of halogens is 2. The quantitative estimate of drug-likeness (QED) is 0.542. The Morgan fingerprint density at radius 2 is 1.85 bits per heavy atom. The summed E-state index contributed by atoms with van der Waals surface area (Å²) in [5.41, 5.74) is 1.31. The molecule has 0 aliphatic carbocycles. The van der Waals surface area contributed by atoms with Crippen molar-refractivity contribution in [2.24, 2.45) is 0 Å². The molecule has 9 heteroatoms. The molecule has 1 N–H and O–H groups in total. The number of nitrogens with one attached hydrogen (secondary N) is 1. The van der Waals surface area contributed by atoms with Crippen LogP contribution in [0.5, 0.6) is 11.5 Å². The van der Waals surface area contributed by atoms with Gasteiger partial charge in [0.2, 0.25) is 5.91 Å². The molecular formula is C24H27Cl2N3O4. The number of benzene rings is 2. The lowest BCUT2D eigenvalue weighted by molar-refractivity contribution is -0.122. The monoisotopic (exact) mass is 491 g/mol. The lowest BCUT2D eigenvalue weighted by Gasteiger charge is -2.34. The number of carbonyl (C=O) groups excluding carboxylic acids is 2. The molecular weight excluding hydrogens is 465 g/mol. The Bertz CT molecular complexity index is 1010. The summed E-state index contributed by atoms with van der Waals surface area (Å²) in [5, 5.41) is 3.84. The Labute approximate surface area is 203 Å². The highest BCUT2D eigenvalue weighted by molar-refractivity contribution is 6.35. The van der Waals surface area contributed by atoms with E-state index in [0.29, 0.717) is 66.4 Å². The molecule has 1 aliphatic heterocycles. The van der Waals surface area contributed by atoms with Gasteiger partial charge in [-0.2, -0.15) is 0 Å². The maximum Gasteiger partial charge on any atom is 0.254 e. The van der Waals surface area contributed by atoms with Crippen molar-refractivity contribution >= 4 is 35.0 Å². The van der Waals surface area contributed by atoms with Gasteiger partial charge in [-0.25, -0.2) is 0 Å². The van der Waals surface area contributed by atoms with E-state index < -0.39 is 0 Å². The van der Waals surface area contributed by atoms with E-state index >= 15 is 0 Å². The van der Waals surface area contributed by atoms with E-state index in [0.717, 1.165) is 5.56 Å². The number of piperazine rings is 1. The van der Waals surface area contributed by atoms with Gasteiger partial charge in [0.15, 0.2) is 11.5 Å². The van der Waals surface area contributed by atoms with Gasteiger partial charge in [0, 0.05) is 53.9 Å². The molecule has 0 unspecified atom stereocenters. The second-order valence-electron chi connectivity index (χ2n) is 7.55. The molecule has 2 aromatic rings. The Hall–Kier alpha value is -2.74. The predicted octanol–water partition coefficient (Wildman–Crippen LogP) is 3.64. The molecule has 1 aliphatic rings. The molecule has 33 heavy (non-hydrogen) atoms. The summed E-state index contributed by atoms with van der Waals surface area (Å²) in [6.07, 6.45) is 1.64. The van der Waals surface area contributed by atoms with Gasteiger partial charge in [-0.15, -0.1) is 6.58 Å². The zero-order chi connectivity index (χ0) is 23.8. The molecule has 0 aromatic heterocycles. The first-order chi connectivity index (χ1) is 15.9. The molecule has 2 amide bonds. The summed E-state index contributed by atoms with van der Waals surface area (Å²) in [6.45, 7) is 6.94. The molecule has 176 valence electrons. The lowest BCUT2D eigenvalue weighted by Crippen LogP contribution is -2.51. The Balaban J connectivity index is 1.58. The fourth-order valence-corrected chi connectivity index (χ4v) is 3.91. The summed E-state index contributed by atoms with van der Waals surface area (Å²) in [6, 6.07) is 10.3. The minimum absolute atomic E-state index is 0.0464. The van der Waals surface area contributed by atoms with Gasteiger partial charge >= 0.3 is 0 Å². The minimum Gasteiger partial charge on any atom is -0.493 e. The summed E-state index contributed by atoms with van der Waals surface area (Å²) >= 11 is 12.1. The molecule has 0 radical (unpaired) electrons. The topological polar surface area (TPSA) is 71.1 Å². The fourth-order valence-electron chi connectivity index (χ4n) is 3.45. The van der Waals surface area contributed by atoms with E-state index in [1.165, 1.54) is 7.11 Å². The first-order valence-corrected chi connectivity index (χ1v) is 11.3. The molecule has 0 spiro atoms. The number of amides is 2. The number of carbonyl (C=O) groups is 2. The van der Waals surface area contributed by atoms with Gasteiger partial charge in [0.25, 0.3) is 5.91 Å². The van der Waals surface area contributed by atoms with E-state index in [2.05, 4.69) is 11.9 Å². The largest absolute Gasteiger partial charge is 0.493 e. The highest BCUT2D eigenvalue weighted by Gasteiger charge is 2.24. The third kappa shape index (κ3) is 6.87. The van der Waals surface area contributed by atoms with Gasteiger partial charge in [0.1, 0.15) is 6.61 Å². The third-order valence-electron chi connectivity index (χ3n) is 5.28. The van der Waals surface area contributed by atoms with Crippen LogP contribution in [-0.4, -0.2) is 68.0 Å². The van der Waals surface area contributed by atoms with Crippen molar-refractivity contribution in [1.29, 1.82) is 0 Å². The molecule has 2 aromatic carbocycles. The zero-order valence-corrected chi connectivity index (χ0v) is 20.0. The van der Waals surface area contributed by atoms with Crippen molar-refractivity contribution in [1.82, 2.24) is 15.1 Å². The average Bonchev–Trinajstić information content (AvgIpc) is 2.82. The van der Waals surface area contributed by atoms with Gasteiger partial charge in [-0.05, 0) is 30.3 Å². The number of rotatable bonds is 9. The van der Waals surface area contributed by atoms with Crippen molar-refractivity contribution < 1.29 is 19.1 Å². The van der Waals surface area contributed by atoms with Crippen LogP contribution in [0.1, 0.15) is 15.9 Å². The van der Waals surface area contributed by atoms with Crippen LogP contribution in [-0.2, 0) is 11.4 Å². The third-order valence-corrected chi connectivity index (χ3v) is 5.87. The molecule has 0 atom stereocenters. The van der Waals surface area contributed by atoms with Crippen molar-refractivity contribution in [3.8, 4) is 11.5 Å². The predicted molar refractivity (Wildman–Crippen MR) is 129 cm³/mol. The van der Waals surface area contributed by atoms with E-state index in [4.69, 9.17) is 32.7 Å². The van der Waals surface area contributed by atoms with Crippen molar-refractivity contribution in [2.75, 3.05) is 46.4 Å². The van der Waals surface area contributed by atoms with Crippen LogP contribution in [0.4, 0.5) is 0 Å². The number of hydrogen-bond acceptors (Lipinski definition) is 5. The second-order valence-corrected chi connectivity index (χ2v) is 8.39. The minimum atomic E-state index is -0.0867. The van der Waals surface area contributed by atoms with Gasteiger partial charge in [-0.1, -0.05) is 35.3 Å². The molecule has 1 saturated heterocycles. The molecule has 0 bridgehead atoms. The van der Waals surface area contributed by atoms with Crippen molar-refractivity contribution in [2.45, 2.75) is 6.61 Å². The van der Waals surface area contributed by atoms with Crippen LogP contribution < -0.4 is 14.8 Å². The SMILES string of the molecule is C=CCNC(=O)CN1CCN(C(=O)c2ccc(OCc3ccc(Cl)cc3Cl)c(OC)c2)CC1. The van der Waals surface area contributed by atoms with Gasteiger partial charge in [-0.3, -0.25) is 14.5 Å². The number of nitrogens with zero attached hydrogens (tertiary/aromatic N) is 2. The molecule has 3 rings (SSSR count). The van der Waals surface area contributed by atoms with Gasteiger partial charge < -0.3 is 19.7 Å². The normalized spacial score (nSPS) is 14.0. The number of ether oxygens (including phenoxy) is 2. The summed E-state index contributed by atoms with van der Waals surface area (Å²) in [7, 11) is 1.53. The van der Waals surface area contributed by atoms with Crippen LogP contribution in [0.25, 0.3) is 0 Å². The highest BCUT2D eigenvalue weighted by Crippen LogP contribution is 2.30. The standard InChI is InChI=1S/C24H27Cl2N3O4/c1-3-8-27-23(30)15-28-9-11-29(12-10-28)24(31)17-5-7-21(22(13-17)32-2)33-16-18-4-6-19(25)14-20(18)26/h3-7,13-14H,1,8-12,15-16H2,2H3,(H,27,30). The van der Waals surface area contributed by atoms with Crippen LogP contribution in [0.15, 0.2) is 49.1 Å². The van der Waals surface area contributed by atoms with E-state index in [-0.39, 0.29) is 18.4 Å². The maximum absolute atomic E-state index is 13.0. The van der Waals surface area contributed by atoms with E-state index in [1.54, 1.807) is 47.4 Å². The Kier molecular flexibility index (Phi) is 9.00. The first-order valence-electron chi connectivity index (χ1n) is 10.5. The van der Waals surface area contributed by atoms with Crippen molar-refractivity contribution in [3.05, 3.63) is 70.2 Å². The summed E-state index contributed by atoms with van der Waals surface area (Å²) < 4.78 is 11.3. The van der Waals surface area contributed by atoms with Crippen LogP contribution in [0.2, 0.25) is 10.0 Å². The van der Waals surface area contributed by atoms with Gasteiger partial charge in [0.05, 0.1) is 13.7 Å². The fraction of sp³-hybridized carbons (Fsp3) is 0.333. The van der Waals surface area contributed by atoms with E-state index in [9.17, 15) is 9.59 Å². The lowest BCUT2D eigenvalue weighted by atomic mass is 10.1. The highest BCUT2D eigenvalue weighted by atomic mass is 35.5. The maximum atomic E-state index is 13.0. The van der Waals surface area contributed by atoms with Crippen molar-refractivity contribution in [3.63, 3.8) is 0 Å². The number of methoxy groups -OCH3 is 1.